The number of hydrogen-bond acceptors (Lipinski definition) is 2. The van der Waals surface area contributed by atoms with Crippen molar-refractivity contribution in [2.24, 2.45) is 7.05 Å². The molecule has 1 aromatic heterocycles. The molecule has 1 heterocycles. The van der Waals surface area contributed by atoms with E-state index < -0.39 is 0 Å². The number of aryl methyl sites for hydroxylation is 1. The van der Waals surface area contributed by atoms with E-state index in [4.69, 9.17) is 11.6 Å². The second-order valence-corrected chi connectivity index (χ2v) is 5.42. The number of benzene rings is 1. The molecule has 0 amide bonds. The van der Waals surface area contributed by atoms with Gasteiger partial charge in [-0.2, -0.15) is 5.10 Å². The molecule has 0 aliphatic rings. The summed E-state index contributed by atoms with van der Waals surface area (Å²) >= 11 is 9.37. The van der Waals surface area contributed by atoms with Gasteiger partial charge in [-0.05, 0) is 39.7 Å². The molecule has 0 saturated heterocycles. The summed E-state index contributed by atoms with van der Waals surface area (Å²) in [6.45, 7) is 1.75. The maximum atomic E-state index is 5.95. The first-order valence-corrected chi connectivity index (χ1v) is 6.95. The van der Waals surface area contributed by atoms with Crippen LogP contribution in [0, 0.1) is 0 Å². The topological polar surface area (TPSA) is 29.9 Å². The van der Waals surface area contributed by atoms with Gasteiger partial charge >= 0.3 is 0 Å². The van der Waals surface area contributed by atoms with Gasteiger partial charge in [-0.25, -0.2) is 0 Å². The van der Waals surface area contributed by atoms with Crippen LogP contribution >= 0.6 is 27.5 Å². The molecule has 5 heteroatoms. The average Bonchev–Trinajstić information content (AvgIpc) is 2.75. The van der Waals surface area contributed by atoms with Crippen molar-refractivity contribution >= 4 is 27.5 Å². The standard InChI is InChI=1S/C13H15BrClN3/c1-18-7-5-11(17-18)4-6-16-9-10-2-3-13(15)12(14)8-10/h2-3,5,7-8,16H,4,6,9H2,1H3. The number of hydrogen-bond donors (Lipinski definition) is 1. The largest absolute Gasteiger partial charge is 0.312 e. The molecule has 3 nitrogen and oxygen atoms in total. The molecule has 1 aromatic carbocycles. The molecule has 0 aliphatic carbocycles. The van der Waals surface area contributed by atoms with Gasteiger partial charge < -0.3 is 5.32 Å². The van der Waals surface area contributed by atoms with E-state index in [9.17, 15) is 0 Å². The Balaban J connectivity index is 1.76. The number of rotatable bonds is 5. The summed E-state index contributed by atoms with van der Waals surface area (Å²) in [5, 5.41) is 8.47. The number of halogens is 2. The van der Waals surface area contributed by atoms with E-state index in [2.05, 4.69) is 26.3 Å². The van der Waals surface area contributed by atoms with Crippen molar-refractivity contribution in [3.63, 3.8) is 0 Å². The van der Waals surface area contributed by atoms with Gasteiger partial charge in [0, 0.05) is 37.2 Å². The normalized spacial score (nSPS) is 10.8. The Bertz CT molecular complexity index is 525. The highest BCUT2D eigenvalue weighted by Gasteiger charge is 2.00. The molecule has 18 heavy (non-hydrogen) atoms. The summed E-state index contributed by atoms with van der Waals surface area (Å²) < 4.78 is 2.76. The third-order valence-corrected chi connectivity index (χ3v) is 3.85. The van der Waals surface area contributed by atoms with Crippen LogP contribution in [0.25, 0.3) is 0 Å². The molecule has 0 bridgehead atoms. The lowest BCUT2D eigenvalue weighted by Gasteiger charge is -2.05. The van der Waals surface area contributed by atoms with Crippen LogP contribution in [0.1, 0.15) is 11.3 Å². The third kappa shape index (κ3) is 3.83. The van der Waals surface area contributed by atoms with Gasteiger partial charge in [0.25, 0.3) is 0 Å². The molecule has 0 atom stereocenters. The minimum atomic E-state index is 0.743. The zero-order valence-electron chi connectivity index (χ0n) is 10.2. The zero-order valence-corrected chi connectivity index (χ0v) is 12.5. The zero-order chi connectivity index (χ0) is 13.0. The number of nitrogens with one attached hydrogen (secondary N) is 1. The summed E-state index contributed by atoms with van der Waals surface area (Å²) in [7, 11) is 1.93. The maximum absolute atomic E-state index is 5.95. The van der Waals surface area contributed by atoms with Crippen LogP contribution in [-0.4, -0.2) is 16.3 Å². The molecular formula is C13H15BrClN3. The van der Waals surface area contributed by atoms with E-state index in [-0.39, 0.29) is 0 Å². The first-order chi connectivity index (χ1) is 8.65. The molecule has 0 aliphatic heterocycles. The Labute approximate surface area is 120 Å². The summed E-state index contributed by atoms with van der Waals surface area (Å²) in [4.78, 5) is 0. The predicted molar refractivity (Wildman–Crippen MR) is 77.8 cm³/mol. The second kappa shape index (κ2) is 6.36. The van der Waals surface area contributed by atoms with Gasteiger partial charge in [0.05, 0.1) is 10.7 Å². The molecular weight excluding hydrogens is 314 g/mol. The van der Waals surface area contributed by atoms with Crippen molar-refractivity contribution in [3.05, 3.63) is 51.2 Å². The van der Waals surface area contributed by atoms with Gasteiger partial charge in [0.2, 0.25) is 0 Å². The van der Waals surface area contributed by atoms with Crippen LogP contribution < -0.4 is 5.32 Å². The van der Waals surface area contributed by atoms with E-state index in [0.717, 1.165) is 34.7 Å². The minimum absolute atomic E-state index is 0.743. The first-order valence-electron chi connectivity index (χ1n) is 5.78. The first kappa shape index (κ1) is 13.6. The Kier molecular flexibility index (Phi) is 4.80. The maximum Gasteiger partial charge on any atom is 0.0637 e. The van der Waals surface area contributed by atoms with Crippen molar-refractivity contribution in [2.75, 3.05) is 6.54 Å². The minimum Gasteiger partial charge on any atom is -0.312 e. The van der Waals surface area contributed by atoms with Gasteiger partial charge in [-0.3, -0.25) is 4.68 Å². The summed E-state index contributed by atoms with van der Waals surface area (Å²) in [6, 6.07) is 8.01. The van der Waals surface area contributed by atoms with Crippen LogP contribution in [0.5, 0.6) is 0 Å². The van der Waals surface area contributed by atoms with Gasteiger partial charge in [0.1, 0.15) is 0 Å². The van der Waals surface area contributed by atoms with Crippen molar-refractivity contribution in [3.8, 4) is 0 Å². The Morgan fingerprint density at radius 2 is 2.22 bits per heavy atom. The molecule has 1 N–H and O–H groups in total. The SMILES string of the molecule is Cn1ccc(CCNCc2ccc(Cl)c(Br)c2)n1. The van der Waals surface area contributed by atoms with Crippen molar-refractivity contribution in [1.82, 2.24) is 15.1 Å². The lowest BCUT2D eigenvalue weighted by Crippen LogP contribution is -2.16. The highest BCUT2D eigenvalue weighted by atomic mass is 79.9. The highest BCUT2D eigenvalue weighted by Crippen LogP contribution is 2.22. The molecule has 0 radical (unpaired) electrons. The van der Waals surface area contributed by atoms with Crippen molar-refractivity contribution < 1.29 is 0 Å². The van der Waals surface area contributed by atoms with E-state index in [1.165, 1.54) is 5.56 Å². The highest BCUT2D eigenvalue weighted by molar-refractivity contribution is 9.10. The molecule has 96 valence electrons. The van der Waals surface area contributed by atoms with Gasteiger partial charge in [-0.1, -0.05) is 17.7 Å². The fraction of sp³-hybridized carbons (Fsp3) is 0.308. The number of nitrogens with zero attached hydrogens (tertiary/aromatic N) is 2. The summed E-state index contributed by atoms with van der Waals surface area (Å²) in [5.74, 6) is 0. The summed E-state index contributed by atoms with van der Waals surface area (Å²) in [5.41, 5.74) is 2.33. The Morgan fingerprint density at radius 3 is 2.89 bits per heavy atom. The van der Waals surface area contributed by atoms with Crippen LogP contribution in [0.4, 0.5) is 0 Å². The third-order valence-electron chi connectivity index (χ3n) is 2.64. The average molecular weight is 329 g/mol. The molecule has 0 spiro atoms. The van der Waals surface area contributed by atoms with Crippen LogP contribution in [0.2, 0.25) is 5.02 Å². The molecule has 0 unspecified atom stereocenters. The van der Waals surface area contributed by atoms with Crippen LogP contribution in [-0.2, 0) is 20.0 Å². The fourth-order valence-electron chi connectivity index (χ4n) is 1.70. The van der Waals surface area contributed by atoms with E-state index in [1.54, 1.807) is 0 Å². The van der Waals surface area contributed by atoms with Crippen molar-refractivity contribution in [1.29, 1.82) is 0 Å². The lowest BCUT2D eigenvalue weighted by molar-refractivity contribution is 0.665. The van der Waals surface area contributed by atoms with E-state index in [1.807, 2.05) is 42.2 Å². The lowest BCUT2D eigenvalue weighted by atomic mass is 10.2. The molecule has 0 fully saturated rings. The quantitative estimate of drug-likeness (QED) is 0.854. The van der Waals surface area contributed by atoms with Gasteiger partial charge in [0.15, 0.2) is 0 Å². The van der Waals surface area contributed by atoms with Gasteiger partial charge in [-0.15, -0.1) is 0 Å². The van der Waals surface area contributed by atoms with Crippen LogP contribution in [0.15, 0.2) is 34.9 Å². The smallest absolute Gasteiger partial charge is 0.0637 e. The van der Waals surface area contributed by atoms with Crippen molar-refractivity contribution in [2.45, 2.75) is 13.0 Å². The molecule has 0 saturated carbocycles. The predicted octanol–water partition coefficient (Wildman–Crippen LogP) is 3.17. The van der Waals surface area contributed by atoms with E-state index in [0.29, 0.717) is 0 Å². The monoisotopic (exact) mass is 327 g/mol. The Hall–Kier alpha value is -0.840. The van der Waals surface area contributed by atoms with Crippen LogP contribution in [0.3, 0.4) is 0 Å². The molecule has 2 rings (SSSR count). The fourth-order valence-corrected chi connectivity index (χ4v) is 2.24. The Morgan fingerprint density at radius 1 is 1.39 bits per heavy atom. The second-order valence-electron chi connectivity index (χ2n) is 4.16. The van der Waals surface area contributed by atoms with E-state index >= 15 is 0 Å². The molecule has 2 aromatic rings. The summed E-state index contributed by atoms with van der Waals surface area (Å²) in [6.07, 6.45) is 2.90. The number of aromatic nitrogens is 2.